The zero-order chi connectivity index (χ0) is 12.6. The third kappa shape index (κ3) is 2.43. The summed E-state index contributed by atoms with van der Waals surface area (Å²) in [5.74, 6) is 0. The van der Waals surface area contributed by atoms with Gasteiger partial charge in [0.05, 0.1) is 0 Å². The zero-order valence-electron chi connectivity index (χ0n) is 9.97. The summed E-state index contributed by atoms with van der Waals surface area (Å²) in [5.41, 5.74) is 8.59. The molecule has 6 heteroatoms. The van der Waals surface area contributed by atoms with Crippen molar-refractivity contribution in [1.29, 1.82) is 0 Å². The molecule has 0 heterocycles. The second kappa shape index (κ2) is 4.29. The van der Waals surface area contributed by atoms with Gasteiger partial charge < -0.3 is 5.73 Å². The summed E-state index contributed by atoms with van der Waals surface area (Å²) in [6.07, 6.45) is 1.65. The van der Waals surface area contributed by atoms with Gasteiger partial charge in [0.15, 0.2) is 0 Å². The first-order chi connectivity index (χ1) is 7.90. The van der Waals surface area contributed by atoms with Gasteiger partial charge in [0, 0.05) is 25.8 Å². The van der Waals surface area contributed by atoms with E-state index in [4.69, 9.17) is 5.73 Å². The van der Waals surface area contributed by atoms with Crippen molar-refractivity contribution in [2.75, 3.05) is 19.8 Å². The fourth-order valence-electron chi connectivity index (χ4n) is 2.05. The quantitative estimate of drug-likeness (QED) is 0.779. The summed E-state index contributed by atoms with van der Waals surface area (Å²) in [5, 5.41) is 0. The fourth-order valence-corrected chi connectivity index (χ4v) is 2.86. The topological polar surface area (TPSA) is 75.4 Å². The molecule has 5 nitrogen and oxygen atoms in total. The highest BCUT2D eigenvalue weighted by molar-refractivity contribution is 7.87. The molecule has 2 rings (SSSR count). The van der Waals surface area contributed by atoms with Crippen LogP contribution in [0.25, 0.3) is 0 Å². The number of rotatable bonds is 3. The van der Waals surface area contributed by atoms with Crippen molar-refractivity contribution in [3.8, 4) is 0 Å². The number of hydrogen-bond donors (Lipinski definition) is 2. The molecule has 17 heavy (non-hydrogen) atoms. The van der Waals surface area contributed by atoms with E-state index in [9.17, 15) is 8.42 Å². The third-order valence-corrected chi connectivity index (χ3v) is 4.56. The Labute approximate surface area is 102 Å². The van der Waals surface area contributed by atoms with E-state index in [1.54, 1.807) is 6.07 Å². The fraction of sp³-hybridized carbons (Fsp3) is 0.455. The summed E-state index contributed by atoms with van der Waals surface area (Å²) in [4.78, 5) is 0. The second-order valence-corrected chi connectivity index (χ2v) is 6.37. The molecule has 0 spiro atoms. The molecule has 3 N–H and O–H groups in total. The first-order valence-electron chi connectivity index (χ1n) is 5.48. The summed E-state index contributed by atoms with van der Waals surface area (Å²) in [6.45, 7) is 0. The van der Waals surface area contributed by atoms with Crippen LogP contribution in [0.2, 0.25) is 0 Å². The molecule has 0 saturated heterocycles. The van der Waals surface area contributed by atoms with Crippen molar-refractivity contribution in [3.05, 3.63) is 29.3 Å². The van der Waals surface area contributed by atoms with Gasteiger partial charge in [-0.3, -0.25) is 0 Å². The van der Waals surface area contributed by atoms with Crippen LogP contribution in [0, 0.1) is 0 Å². The van der Waals surface area contributed by atoms with Crippen LogP contribution in [0.4, 0.5) is 5.69 Å². The number of nitrogens with one attached hydrogen (secondary N) is 1. The SMILES string of the molecule is CN(C)S(=O)(=O)NC1CCc2cc(N)ccc21. The van der Waals surface area contributed by atoms with E-state index < -0.39 is 10.2 Å². The second-order valence-electron chi connectivity index (χ2n) is 4.45. The Bertz CT molecular complexity index is 526. The van der Waals surface area contributed by atoms with Gasteiger partial charge in [-0.25, -0.2) is 0 Å². The van der Waals surface area contributed by atoms with Crippen LogP contribution in [0.5, 0.6) is 0 Å². The van der Waals surface area contributed by atoms with Gasteiger partial charge >= 0.3 is 0 Å². The largest absolute Gasteiger partial charge is 0.399 e. The summed E-state index contributed by atoms with van der Waals surface area (Å²) in [7, 11) is -0.352. The zero-order valence-corrected chi connectivity index (χ0v) is 10.8. The van der Waals surface area contributed by atoms with Crippen molar-refractivity contribution in [2.24, 2.45) is 0 Å². The van der Waals surface area contributed by atoms with E-state index in [1.165, 1.54) is 18.4 Å². The van der Waals surface area contributed by atoms with E-state index in [-0.39, 0.29) is 6.04 Å². The van der Waals surface area contributed by atoms with Crippen LogP contribution >= 0.6 is 0 Å². The number of nitrogens with zero attached hydrogens (tertiary/aromatic N) is 1. The van der Waals surface area contributed by atoms with Gasteiger partial charge in [0.25, 0.3) is 10.2 Å². The molecule has 94 valence electrons. The first-order valence-corrected chi connectivity index (χ1v) is 6.92. The normalized spacial score (nSPS) is 19.6. The number of fused-ring (bicyclic) bond motifs is 1. The molecule has 1 aromatic rings. The molecule has 1 aliphatic rings. The lowest BCUT2D eigenvalue weighted by molar-refractivity contribution is 0.487. The maximum atomic E-state index is 11.8. The van der Waals surface area contributed by atoms with Crippen molar-refractivity contribution in [1.82, 2.24) is 9.03 Å². The minimum atomic E-state index is -3.38. The molecule has 1 aromatic carbocycles. The van der Waals surface area contributed by atoms with Gasteiger partial charge in [-0.2, -0.15) is 17.4 Å². The predicted molar refractivity (Wildman–Crippen MR) is 67.7 cm³/mol. The minimum Gasteiger partial charge on any atom is -0.399 e. The van der Waals surface area contributed by atoms with Gasteiger partial charge in [-0.1, -0.05) is 6.07 Å². The van der Waals surface area contributed by atoms with Crippen molar-refractivity contribution in [3.63, 3.8) is 0 Å². The highest BCUT2D eigenvalue weighted by Gasteiger charge is 2.27. The molecule has 0 bridgehead atoms. The lowest BCUT2D eigenvalue weighted by atomic mass is 10.1. The van der Waals surface area contributed by atoms with Gasteiger partial charge in [0.1, 0.15) is 0 Å². The predicted octanol–water partition coefficient (Wildman–Crippen LogP) is 0.652. The molecular formula is C11H17N3O2S. The van der Waals surface area contributed by atoms with Gasteiger partial charge in [0.2, 0.25) is 0 Å². The summed E-state index contributed by atoms with van der Waals surface area (Å²) >= 11 is 0. The van der Waals surface area contributed by atoms with Gasteiger partial charge in [-0.15, -0.1) is 0 Å². The molecule has 0 aromatic heterocycles. The van der Waals surface area contributed by atoms with Crippen molar-refractivity contribution >= 4 is 15.9 Å². The van der Waals surface area contributed by atoms with Crippen molar-refractivity contribution in [2.45, 2.75) is 18.9 Å². The van der Waals surface area contributed by atoms with Crippen LogP contribution in [-0.4, -0.2) is 26.8 Å². The lowest BCUT2D eigenvalue weighted by Gasteiger charge is -2.18. The Balaban J connectivity index is 2.24. The van der Waals surface area contributed by atoms with Crippen LogP contribution in [0.1, 0.15) is 23.6 Å². The maximum absolute atomic E-state index is 11.8. The number of hydrogen-bond acceptors (Lipinski definition) is 3. The summed E-state index contributed by atoms with van der Waals surface area (Å²) in [6, 6.07) is 5.49. The monoisotopic (exact) mass is 255 g/mol. The minimum absolute atomic E-state index is 0.141. The molecule has 1 atom stereocenters. The third-order valence-electron chi connectivity index (χ3n) is 3.02. The van der Waals surface area contributed by atoms with Gasteiger partial charge in [-0.05, 0) is 36.1 Å². The number of benzene rings is 1. The van der Waals surface area contributed by atoms with Crippen LogP contribution in [0.15, 0.2) is 18.2 Å². The Morgan fingerprint density at radius 3 is 2.76 bits per heavy atom. The number of nitrogens with two attached hydrogens (primary N) is 1. The molecule has 0 aliphatic heterocycles. The number of anilines is 1. The molecule has 0 fully saturated rings. The highest BCUT2D eigenvalue weighted by Crippen LogP contribution is 2.32. The number of aryl methyl sites for hydroxylation is 1. The van der Waals surface area contributed by atoms with Crippen molar-refractivity contribution < 1.29 is 8.42 Å². The van der Waals surface area contributed by atoms with E-state index in [0.717, 1.165) is 29.7 Å². The van der Waals surface area contributed by atoms with Crippen LogP contribution in [-0.2, 0) is 16.6 Å². The average molecular weight is 255 g/mol. The maximum Gasteiger partial charge on any atom is 0.279 e. The number of nitrogen functional groups attached to an aromatic ring is 1. The van der Waals surface area contributed by atoms with E-state index >= 15 is 0 Å². The Hall–Kier alpha value is -1.11. The smallest absolute Gasteiger partial charge is 0.279 e. The molecule has 1 aliphatic carbocycles. The lowest BCUT2D eigenvalue weighted by Crippen LogP contribution is -2.37. The van der Waals surface area contributed by atoms with Crippen LogP contribution < -0.4 is 10.5 Å². The Morgan fingerprint density at radius 1 is 1.41 bits per heavy atom. The van der Waals surface area contributed by atoms with E-state index in [1.807, 2.05) is 12.1 Å². The summed E-state index contributed by atoms with van der Waals surface area (Å²) < 4.78 is 27.4. The highest BCUT2D eigenvalue weighted by atomic mass is 32.2. The van der Waals surface area contributed by atoms with E-state index in [2.05, 4.69) is 4.72 Å². The molecule has 1 unspecified atom stereocenters. The molecule has 0 amide bonds. The molecular weight excluding hydrogens is 238 g/mol. The standard InChI is InChI=1S/C11H17N3O2S/c1-14(2)17(15,16)13-11-6-3-8-7-9(12)4-5-10(8)11/h4-5,7,11,13H,3,6,12H2,1-2H3. The molecule has 0 saturated carbocycles. The van der Waals surface area contributed by atoms with Crippen LogP contribution in [0.3, 0.4) is 0 Å². The van der Waals surface area contributed by atoms with E-state index in [0.29, 0.717) is 0 Å². The first kappa shape index (κ1) is 12.3. The Morgan fingerprint density at radius 2 is 2.12 bits per heavy atom. The Kier molecular flexibility index (Phi) is 3.11. The average Bonchev–Trinajstić information content (AvgIpc) is 2.60. The molecule has 0 radical (unpaired) electrons.